The van der Waals surface area contributed by atoms with Gasteiger partial charge in [0.2, 0.25) is 11.3 Å². The zero-order valence-electron chi connectivity index (χ0n) is 16.8. The summed E-state index contributed by atoms with van der Waals surface area (Å²) < 4.78 is 6.70. The number of fused-ring (bicyclic) bond motifs is 1. The van der Waals surface area contributed by atoms with Crippen molar-refractivity contribution in [3.8, 4) is 5.75 Å². The van der Waals surface area contributed by atoms with Crippen molar-refractivity contribution in [1.29, 1.82) is 0 Å². The average molecular weight is 405 g/mol. The second kappa shape index (κ2) is 8.49. The van der Waals surface area contributed by atoms with Crippen LogP contribution in [0.4, 0.5) is 0 Å². The van der Waals surface area contributed by atoms with E-state index in [-0.39, 0.29) is 29.6 Å². The smallest absolute Gasteiger partial charge is 0.244 e. The molecular weight excluding hydrogens is 382 g/mol. The fraction of sp³-hybridized carbons (Fsp3) is 0.304. The first kappa shape index (κ1) is 19.8. The molecule has 1 amide bonds. The predicted octanol–water partition coefficient (Wildman–Crippen LogP) is 2.53. The first-order valence-corrected chi connectivity index (χ1v) is 9.97. The molecule has 0 aliphatic carbocycles. The lowest BCUT2D eigenvalue weighted by atomic mass is 9.89. The molecule has 0 radical (unpaired) electrons. The van der Waals surface area contributed by atoms with Crippen LogP contribution in [0.1, 0.15) is 23.2 Å². The largest absolute Gasteiger partial charge is 0.497 e. The minimum absolute atomic E-state index is 0.0633. The number of hydrogen-bond acceptors (Lipinski definition) is 5. The Kier molecular flexibility index (Phi) is 5.61. The molecule has 1 aliphatic heterocycles. The minimum Gasteiger partial charge on any atom is -0.497 e. The maximum absolute atomic E-state index is 12.8. The molecular formula is C23H23N3O4. The molecule has 0 saturated carbocycles. The number of benzene rings is 2. The van der Waals surface area contributed by atoms with Gasteiger partial charge in [-0.25, -0.2) is 0 Å². The van der Waals surface area contributed by atoms with Crippen LogP contribution in [-0.4, -0.2) is 46.6 Å². The third kappa shape index (κ3) is 3.96. The summed E-state index contributed by atoms with van der Waals surface area (Å²) >= 11 is 0. The van der Waals surface area contributed by atoms with E-state index in [4.69, 9.17) is 4.74 Å². The lowest BCUT2D eigenvalue weighted by molar-refractivity contribution is -0.133. The van der Waals surface area contributed by atoms with E-state index >= 15 is 0 Å². The molecule has 154 valence electrons. The number of para-hydroxylation sites is 1. The number of carbonyl (C=O) groups is 2. The number of methoxy groups -OCH3 is 1. The van der Waals surface area contributed by atoms with Crippen molar-refractivity contribution < 1.29 is 14.3 Å². The highest BCUT2D eigenvalue weighted by Gasteiger charge is 2.28. The molecule has 3 aromatic rings. The summed E-state index contributed by atoms with van der Waals surface area (Å²) in [6.45, 7) is 1.13. The molecule has 7 nitrogen and oxygen atoms in total. The molecule has 0 bridgehead atoms. The van der Waals surface area contributed by atoms with Crippen LogP contribution in [0.15, 0.2) is 59.5 Å². The van der Waals surface area contributed by atoms with Gasteiger partial charge >= 0.3 is 0 Å². The molecule has 1 fully saturated rings. The van der Waals surface area contributed by atoms with Gasteiger partial charge in [-0.15, -0.1) is 0 Å². The summed E-state index contributed by atoms with van der Waals surface area (Å²) in [5.41, 5.74) is 1.15. The maximum Gasteiger partial charge on any atom is 0.244 e. The number of likely N-dealkylation sites (tertiary alicyclic amines) is 1. The quantitative estimate of drug-likeness (QED) is 0.610. The molecule has 2 aromatic carbocycles. The summed E-state index contributed by atoms with van der Waals surface area (Å²) in [7, 11) is 1.59. The number of aromatic nitrogens is 2. The Morgan fingerprint density at radius 1 is 1.07 bits per heavy atom. The topological polar surface area (TPSA) is 81.5 Å². The zero-order valence-corrected chi connectivity index (χ0v) is 16.8. The van der Waals surface area contributed by atoms with Gasteiger partial charge in [0.15, 0.2) is 5.78 Å². The number of ketones is 1. The molecule has 0 unspecified atom stereocenters. The van der Waals surface area contributed by atoms with Gasteiger partial charge in [-0.2, -0.15) is 5.10 Å². The number of amides is 1. The summed E-state index contributed by atoms with van der Waals surface area (Å²) in [5, 5.41) is 4.68. The van der Waals surface area contributed by atoms with Crippen LogP contribution >= 0.6 is 0 Å². The number of ether oxygens (including phenoxy) is 1. The van der Waals surface area contributed by atoms with Crippen LogP contribution in [0, 0.1) is 5.92 Å². The van der Waals surface area contributed by atoms with Crippen molar-refractivity contribution in [2.24, 2.45) is 5.92 Å². The van der Waals surface area contributed by atoms with Crippen molar-refractivity contribution in [1.82, 2.24) is 14.7 Å². The number of hydrogen-bond donors (Lipinski definition) is 0. The Hall–Kier alpha value is -3.48. The minimum atomic E-state index is -0.160. The van der Waals surface area contributed by atoms with Gasteiger partial charge in [0.1, 0.15) is 12.3 Å². The van der Waals surface area contributed by atoms with Gasteiger partial charge in [-0.3, -0.25) is 19.1 Å². The molecule has 0 N–H and O–H groups in total. The van der Waals surface area contributed by atoms with Gasteiger partial charge < -0.3 is 9.64 Å². The SMILES string of the molecule is COc1ccc(C(=O)C2CCN(C(=O)Cn3ncc(=O)c4ccccc43)CC2)cc1. The van der Waals surface area contributed by atoms with Crippen molar-refractivity contribution in [2.45, 2.75) is 19.4 Å². The van der Waals surface area contributed by atoms with Gasteiger partial charge in [0.25, 0.3) is 0 Å². The van der Waals surface area contributed by atoms with E-state index in [1.54, 1.807) is 59.2 Å². The standard InChI is InChI=1S/C23H23N3O4/c1-30-18-8-6-16(7-9-18)23(29)17-10-12-25(13-11-17)22(28)15-26-20-5-3-2-4-19(20)21(27)14-24-26/h2-9,14,17H,10-13,15H2,1H3. The number of Topliss-reactive ketones (excluding diaryl/α,β-unsaturated/α-hetero) is 1. The lowest BCUT2D eigenvalue weighted by Gasteiger charge is -2.31. The molecule has 4 rings (SSSR count). The Bertz CT molecular complexity index is 1130. The van der Waals surface area contributed by atoms with Crippen molar-refractivity contribution in [3.05, 3.63) is 70.5 Å². The van der Waals surface area contributed by atoms with Crippen LogP contribution in [0.5, 0.6) is 5.75 Å². The second-order valence-corrected chi connectivity index (χ2v) is 7.43. The third-order valence-electron chi connectivity index (χ3n) is 5.64. The van der Waals surface area contributed by atoms with E-state index in [2.05, 4.69) is 5.10 Å². The molecule has 0 spiro atoms. The molecule has 1 aliphatic rings. The Labute approximate surface area is 173 Å². The predicted molar refractivity (Wildman–Crippen MR) is 113 cm³/mol. The first-order chi connectivity index (χ1) is 14.6. The van der Waals surface area contributed by atoms with E-state index in [0.717, 1.165) is 5.75 Å². The average Bonchev–Trinajstić information content (AvgIpc) is 2.80. The van der Waals surface area contributed by atoms with E-state index in [1.807, 2.05) is 6.07 Å². The maximum atomic E-state index is 12.8. The molecule has 1 saturated heterocycles. The van der Waals surface area contributed by atoms with Crippen LogP contribution in [0.25, 0.3) is 10.9 Å². The first-order valence-electron chi connectivity index (χ1n) is 9.97. The summed E-state index contributed by atoms with van der Waals surface area (Å²) in [6, 6.07) is 14.3. The van der Waals surface area contributed by atoms with Crippen LogP contribution in [0.2, 0.25) is 0 Å². The van der Waals surface area contributed by atoms with Gasteiger partial charge in [0, 0.05) is 30.0 Å². The molecule has 0 atom stereocenters. The van der Waals surface area contributed by atoms with E-state index < -0.39 is 0 Å². The number of rotatable bonds is 5. The fourth-order valence-corrected chi connectivity index (χ4v) is 3.90. The Morgan fingerprint density at radius 2 is 1.77 bits per heavy atom. The van der Waals surface area contributed by atoms with E-state index in [9.17, 15) is 14.4 Å². The zero-order chi connectivity index (χ0) is 21.1. The number of carbonyl (C=O) groups excluding carboxylic acids is 2. The highest BCUT2D eigenvalue weighted by molar-refractivity contribution is 5.98. The molecule has 1 aromatic heterocycles. The summed E-state index contributed by atoms with van der Waals surface area (Å²) in [6.07, 6.45) is 2.51. The van der Waals surface area contributed by atoms with Gasteiger partial charge in [-0.05, 0) is 49.2 Å². The van der Waals surface area contributed by atoms with Crippen LogP contribution in [0.3, 0.4) is 0 Å². The Morgan fingerprint density at radius 3 is 2.47 bits per heavy atom. The third-order valence-corrected chi connectivity index (χ3v) is 5.64. The fourth-order valence-electron chi connectivity index (χ4n) is 3.90. The van der Waals surface area contributed by atoms with Crippen molar-refractivity contribution in [3.63, 3.8) is 0 Å². The number of nitrogens with zero attached hydrogens (tertiary/aromatic N) is 3. The lowest BCUT2D eigenvalue weighted by Crippen LogP contribution is -2.42. The van der Waals surface area contributed by atoms with E-state index in [1.165, 1.54) is 6.20 Å². The highest BCUT2D eigenvalue weighted by Crippen LogP contribution is 2.23. The summed E-state index contributed by atoms with van der Waals surface area (Å²) in [5.74, 6) is 0.675. The number of piperidine rings is 1. The van der Waals surface area contributed by atoms with Crippen molar-refractivity contribution >= 4 is 22.6 Å². The van der Waals surface area contributed by atoms with E-state index in [0.29, 0.717) is 42.4 Å². The van der Waals surface area contributed by atoms with Gasteiger partial charge in [-0.1, -0.05) is 12.1 Å². The highest BCUT2D eigenvalue weighted by atomic mass is 16.5. The second-order valence-electron chi connectivity index (χ2n) is 7.43. The normalized spacial score (nSPS) is 14.6. The molecule has 7 heteroatoms. The van der Waals surface area contributed by atoms with Crippen molar-refractivity contribution in [2.75, 3.05) is 20.2 Å². The van der Waals surface area contributed by atoms with Gasteiger partial charge in [0.05, 0.1) is 18.8 Å². The van der Waals surface area contributed by atoms with Crippen LogP contribution in [-0.2, 0) is 11.3 Å². The summed E-state index contributed by atoms with van der Waals surface area (Å²) in [4.78, 5) is 39.3. The monoisotopic (exact) mass is 405 g/mol. The Balaban J connectivity index is 1.39. The molecule has 2 heterocycles. The van der Waals surface area contributed by atoms with Crippen LogP contribution < -0.4 is 10.2 Å². The molecule has 30 heavy (non-hydrogen) atoms.